The molecule has 0 unspecified atom stereocenters. The standard InChI is InChI=1S/C30H19IN2/c31-20-14-16-22(17-15-20)33-26-12-6-4-10-23(26)24-18-19-28-29(30(24)33)25-11-5-7-13-27(25)32(28)21-8-2-1-3-9-21/h1-19H. The maximum absolute atomic E-state index is 2.44. The third kappa shape index (κ3) is 2.72. The lowest BCUT2D eigenvalue weighted by Crippen LogP contribution is -1.95. The highest BCUT2D eigenvalue weighted by Gasteiger charge is 2.20. The van der Waals surface area contributed by atoms with Crippen LogP contribution in [0.5, 0.6) is 0 Å². The number of hydrogen-bond acceptors (Lipinski definition) is 0. The number of benzene rings is 5. The van der Waals surface area contributed by atoms with Gasteiger partial charge in [-0.3, -0.25) is 0 Å². The normalized spacial score (nSPS) is 11.8. The van der Waals surface area contributed by atoms with Crippen molar-refractivity contribution >= 4 is 66.2 Å². The van der Waals surface area contributed by atoms with E-state index in [0.29, 0.717) is 0 Å². The number of aromatic nitrogens is 2. The summed E-state index contributed by atoms with van der Waals surface area (Å²) >= 11 is 2.37. The first kappa shape index (κ1) is 18.9. The SMILES string of the molecule is Ic1ccc(-n2c3ccccc3c3ccc4c(c5ccccc5n4-c4ccccc4)c32)cc1. The van der Waals surface area contributed by atoms with Crippen molar-refractivity contribution in [1.82, 2.24) is 9.13 Å². The number of hydrogen-bond donors (Lipinski definition) is 0. The lowest BCUT2D eigenvalue weighted by Gasteiger charge is -2.10. The van der Waals surface area contributed by atoms with Crippen molar-refractivity contribution in [2.75, 3.05) is 0 Å². The van der Waals surface area contributed by atoms with Gasteiger partial charge < -0.3 is 9.13 Å². The summed E-state index contributed by atoms with van der Waals surface area (Å²) in [7, 11) is 0. The zero-order valence-corrected chi connectivity index (χ0v) is 19.9. The van der Waals surface area contributed by atoms with Crippen molar-refractivity contribution < 1.29 is 0 Å². The van der Waals surface area contributed by atoms with Crippen LogP contribution in [-0.2, 0) is 0 Å². The van der Waals surface area contributed by atoms with Gasteiger partial charge in [0, 0.05) is 36.5 Å². The molecule has 0 radical (unpaired) electrons. The molecule has 0 saturated heterocycles. The van der Waals surface area contributed by atoms with E-state index in [2.05, 4.69) is 147 Å². The average Bonchev–Trinajstić information content (AvgIpc) is 3.38. The van der Waals surface area contributed by atoms with Gasteiger partial charge in [-0.25, -0.2) is 0 Å². The largest absolute Gasteiger partial charge is 0.309 e. The molecule has 0 atom stereocenters. The van der Waals surface area contributed by atoms with E-state index < -0.39 is 0 Å². The molecular formula is C30H19IN2. The molecule has 0 saturated carbocycles. The van der Waals surface area contributed by atoms with Gasteiger partial charge in [0.2, 0.25) is 0 Å². The fourth-order valence-electron chi connectivity index (χ4n) is 5.22. The summed E-state index contributed by atoms with van der Waals surface area (Å²) in [4.78, 5) is 0. The summed E-state index contributed by atoms with van der Waals surface area (Å²) in [5.41, 5.74) is 7.32. The van der Waals surface area contributed by atoms with Crippen LogP contribution in [0.1, 0.15) is 0 Å². The Hall–Kier alpha value is -3.57. The second-order valence-electron chi connectivity index (χ2n) is 8.37. The minimum atomic E-state index is 1.18. The molecular weight excluding hydrogens is 515 g/mol. The first-order chi connectivity index (χ1) is 16.3. The Morgan fingerprint density at radius 1 is 0.424 bits per heavy atom. The second-order valence-corrected chi connectivity index (χ2v) is 9.62. The van der Waals surface area contributed by atoms with Gasteiger partial charge in [-0.15, -0.1) is 0 Å². The molecule has 7 aromatic rings. The molecule has 0 aliphatic rings. The molecule has 2 aromatic heterocycles. The molecule has 2 heterocycles. The van der Waals surface area contributed by atoms with E-state index >= 15 is 0 Å². The van der Waals surface area contributed by atoms with Crippen LogP contribution in [0.3, 0.4) is 0 Å². The molecule has 0 N–H and O–H groups in total. The maximum atomic E-state index is 2.44. The molecule has 0 spiro atoms. The van der Waals surface area contributed by atoms with Gasteiger partial charge in [-0.05, 0) is 77.2 Å². The Kier molecular flexibility index (Phi) is 4.15. The molecule has 7 rings (SSSR count). The van der Waals surface area contributed by atoms with E-state index in [-0.39, 0.29) is 0 Å². The zero-order valence-electron chi connectivity index (χ0n) is 17.7. The van der Waals surface area contributed by atoms with Gasteiger partial charge in [0.25, 0.3) is 0 Å². The third-order valence-corrected chi connectivity index (χ3v) is 7.29. The number of halogens is 1. The van der Waals surface area contributed by atoms with E-state index in [1.54, 1.807) is 0 Å². The number of fused-ring (bicyclic) bond motifs is 7. The van der Waals surface area contributed by atoms with Gasteiger partial charge in [0.05, 0.1) is 22.1 Å². The highest BCUT2D eigenvalue weighted by atomic mass is 127. The zero-order chi connectivity index (χ0) is 21.9. The van der Waals surface area contributed by atoms with Crippen LogP contribution in [0.25, 0.3) is 55.0 Å². The van der Waals surface area contributed by atoms with Crippen LogP contribution < -0.4 is 0 Å². The summed E-state index contributed by atoms with van der Waals surface area (Å²) < 4.78 is 6.06. The molecule has 0 aliphatic carbocycles. The molecule has 0 amide bonds. The van der Waals surface area contributed by atoms with E-state index in [1.807, 2.05) is 0 Å². The van der Waals surface area contributed by atoms with Crippen molar-refractivity contribution in [3.8, 4) is 11.4 Å². The van der Waals surface area contributed by atoms with Crippen molar-refractivity contribution in [3.63, 3.8) is 0 Å². The van der Waals surface area contributed by atoms with Gasteiger partial charge in [-0.1, -0.05) is 60.7 Å². The van der Waals surface area contributed by atoms with Gasteiger partial charge >= 0.3 is 0 Å². The molecule has 2 nitrogen and oxygen atoms in total. The Morgan fingerprint density at radius 3 is 1.79 bits per heavy atom. The van der Waals surface area contributed by atoms with Gasteiger partial charge in [0.15, 0.2) is 0 Å². The predicted octanol–water partition coefficient (Wildman–Crippen LogP) is 8.49. The number of rotatable bonds is 2. The van der Waals surface area contributed by atoms with Crippen LogP contribution in [0.4, 0.5) is 0 Å². The van der Waals surface area contributed by atoms with Crippen LogP contribution in [0, 0.1) is 3.57 Å². The molecule has 156 valence electrons. The highest BCUT2D eigenvalue weighted by molar-refractivity contribution is 14.1. The molecule has 0 aliphatic heterocycles. The fourth-order valence-corrected chi connectivity index (χ4v) is 5.58. The number of nitrogens with zero attached hydrogens (tertiary/aromatic N) is 2. The Balaban J connectivity index is 1.75. The number of para-hydroxylation sites is 3. The summed E-state index contributed by atoms with van der Waals surface area (Å²) in [6.45, 7) is 0. The Morgan fingerprint density at radius 2 is 1.03 bits per heavy atom. The monoisotopic (exact) mass is 534 g/mol. The van der Waals surface area contributed by atoms with Crippen molar-refractivity contribution in [3.05, 3.63) is 119 Å². The minimum Gasteiger partial charge on any atom is -0.309 e. The van der Waals surface area contributed by atoms with Gasteiger partial charge in [-0.2, -0.15) is 0 Å². The third-order valence-electron chi connectivity index (χ3n) is 6.57. The minimum absolute atomic E-state index is 1.18. The average molecular weight is 534 g/mol. The molecule has 3 heteroatoms. The maximum Gasteiger partial charge on any atom is 0.0641 e. The highest BCUT2D eigenvalue weighted by Crippen LogP contribution is 2.41. The van der Waals surface area contributed by atoms with Crippen LogP contribution in [0.15, 0.2) is 115 Å². The molecule has 5 aromatic carbocycles. The molecule has 33 heavy (non-hydrogen) atoms. The fraction of sp³-hybridized carbons (Fsp3) is 0. The second kappa shape index (κ2) is 7.22. The van der Waals surface area contributed by atoms with E-state index in [0.717, 1.165) is 0 Å². The first-order valence-corrected chi connectivity index (χ1v) is 12.2. The summed E-state index contributed by atoms with van der Waals surface area (Å²) in [5, 5.41) is 5.13. The topological polar surface area (TPSA) is 9.86 Å². The predicted molar refractivity (Wildman–Crippen MR) is 148 cm³/mol. The Labute approximate surface area is 204 Å². The summed E-state index contributed by atoms with van der Waals surface area (Å²) in [6.07, 6.45) is 0. The van der Waals surface area contributed by atoms with Gasteiger partial charge in [0.1, 0.15) is 0 Å². The van der Waals surface area contributed by atoms with Crippen LogP contribution >= 0.6 is 22.6 Å². The summed E-state index contributed by atoms with van der Waals surface area (Å²) in [5.74, 6) is 0. The first-order valence-electron chi connectivity index (χ1n) is 11.1. The lowest BCUT2D eigenvalue weighted by atomic mass is 10.1. The van der Waals surface area contributed by atoms with Crippen molar-refractivity contribution in [2.45, 2.75) is 0 Å². The lowest BCUT2D eigenvalue weighted by molar-refractivity contribution is 1.17. The quantitative estimate of drug-likeness (QED) is 0.197. The Bertz CT molecular complexity index is 1810. The molecule has 0 bridgehead atoms. The van der Waals surface area contributed by atoms with E-state index in [1.165, 1.54) is 58.6 Å². The molecule has 0 fully saturated rings. The van der Waals surface area contributed by atoms with Crippen LogP contribution in [-0.4, -0.2) is 9.13 Å². The van der Waals surface area contributed by atoms with Crippen molar-refractivity contribution in [1.29, 1.82) is 0 Å². The van der Waals surface area contributed by atoms with Crippen LogP contribution in [0.2, 0.25) is 0 Å². The van der Waals surface area contributed by atoms with E-state index in [9.17, 15) is 0 Å². The van der Waals surface area contributed by atoms with E-state index in [4.69, 9.17) is 0 Å². The van der Waals surface area contributed by atoms with Crippen molar-refractivity contribution in [2.24, 2.45) is 0 Å². The smallest absolute Gasteiger partial charge is 0.0641 e. The summed E-state index contributed by atoms with van der Waals surface area (Å²) in [6, 6.07) is 41.6.